The molecule has 0 bridgehead atoms. The number of hydrogen-bond acceptors (Lipinski definition) is 5. The molecule has 1 aromatic heterocycles. The highest BCUT2D eigenvalue weighted by molar-refractivity contribution is 6.33. The Morgan fingerprint density at radius 3 is 2.39 bits per heavy atom. The van der Waals surface area contributed by atoms with Crippen molar-refractivity contribution in [2.45, 2.75) is 19.8 Å². The summed E-state index contributed by atoms with van der Waals surface area (Å²) < 4.78 is 6.76. The van der Waals surface area contributed by atoms with Crippen LogP contribution in [0.1, 0.15) is 18.9 Å². The predicted octanol–water partition coefficient (Wildman–Crippen LogP) is 3.57. The first-order chi connectivity index (χ1) is 16.1. The van der Waals surface area contributed by atoms with Crippen molar-refractivity contribution in [3.05, 3.63) is 81.7 Å². The molecule has 1 saturated heterocycles. The van der Waals surface area contributed by atoms with Crippen LogP contribution in [0.15, 0.2) is 65.6 Å². The zero-order valence-corrected chi connectivity index (χ0v) is 19.4. The Morgan fingerprint density at radius 1 is 1.03 bits per heavy atom. The van der Waals surface area contributed by atoms with E-state index >= 15 is 0 Å². The van der Waals surface area contributed by atoms with Gasteiger partial charge in [-0.05, 0) is 43.2 Å². The molecule has 0 N–H and O–H groups in total. The number of carbonyl (C=O) groups excluding carboxylic acids is 1. The molecular weight excluding hydrogens is 440 g/mol. The number of benzene rings is 2. The smallest absolute Gasteiger partial charge is 0.292 e. The highest BCUT2D eigenvalue weighted by atomic mass is 35.5. The monoisotopic (exact) mass is 466 g/mol. The fourth-order valence-corrected chi connectivity index (χ4v) is 4.17. The van der Waals surface area contributed by atoms with E-state index in [-0.39, 0.29) is 16.5 Å². The van der Waals surface area contributed by atoms with Gasteiger partial charge in [0.1, 0.15) is 10.8 Å². The predicted molar refractivity (Wildman–Crippen MR) is 130 cm³/mol. The van der Waals surface area contributed by atoms with Crippen LogP contribution >= 0.6 is 11.6 Å². The first-order valence-corrected chi connectivity index (χ1v) is 11.5. The van der Waals surface area contributed by atoms with E-state index in [0.717, 1.165) is 11.3 Å². The van der Waals surface area contributed by atoms with Gasteiger partial charge in [-0.2, -0.15) is 9.78 Å². The van der Waals surface area contributed by atoms with Crippen molar-refractivity contribution < 1.29 is 9.53 Å². The topological polar surface area (TPSA) is 67.7 Å². The molecule has 0 atom stereocenters. The molecule has 172 valence electrons. The molecule has 2 heterocycles. The molecule has 33 heavy (non-hydrogen) atoms. The second-order valence-corrected chi connectivity index (χ2v) is 8.22. The van der Waals surface area contributed by atoms with Gasteiger partial charge < -0.3 is 14.5 Å². The number of piperazine rings is 1. The summed E-state index contributed by atoms with van der Waals surface area (Å²) in [5.74, 6) is 0.973. The van der Waals surface area contributed by atoms with Crippen molar-refractivity contribution in [1.82, 2.24) is 14.7 Å². The van der Waals surface area contributed by atoms with Crippen molar-refractivity contribution in [3.8, 4) is 11.4 Å². The molecule has 2 aromatic carbocycles. The molecule has 0 aliphatic carbocycles. The Hall–Kier alpha value is -3.32. The first-order valence-electron chi connectivity index (χ1n) is 11.1. The SMILES string of the molecule is CCOc1ccc(CCC(=O)N2CCN(c3cnn(-c4ccccc4)c(=O)c3Cl)CC2)cc1. The molecule has 7 nitrogen and oxygen atoms in total. The maximum Gasteiger partial charge on any atom is 0.292 e. The molecule has 4 rings (SSSR count). The molecule has 0 saturated carbocycles. The number of halogens is 1. The minimum absolute atomic E-state index is 0.132. The highest BCUT2D eigenvalue weighted by Gasteiger charge is 2.24. The van der Waals surface area contributed by atoms with Crippen LogP contribution < -0.4 is 15.2 Å². The lowest BCUT2D eigenvalue weighted by molar-refractivity contribution is -0.131. The summed E-state index contributed by atoms with van der Waals surface area (Å²) in [7, 11) is 0. The summed E-state index contributed by atoms with van der Waals surface area (Å²) in [5, 5.41) is 4.45. The van der Waals surface area contributed by atoms with Crippen LogP contribution in [0.2, 0.25) is 5.02 Å². The van der Waals surface area contributed by atoms with Gasteiger partial charge in [-0.1, -0.05) is 41.9 Å². The summed E-state index contributed by atoms with van der Waals surface area (Å²) in [5.41, 5.74) is 2.03. The minimum Gasteiger partial charge on any atom is -0.494 e. The zero-order chi connectivity index (χ0) is 23.2. The summed E-state index contributed by atoms with van der Waals surface area (Å²) in [6.45, 7) is 4.96. The largest absolute Gasteiger partial charge is 0.494 e. The Bertz CT molecular complexity index is 1140. The normalized spacial score (nSPS) is 13.8. The van der Waals surface area contributed by atoms with Gasteiger partial charge >= 0.3 is 0 Å². The van der Waals surface area contributed by atoms with Gasteiger partial charge in [0, 0.05) is 32.6 Å². The average molecular weight is 467 g/mol. The van der Waals surface area contributed by atoms with Gasteiger partial charge in [0.05, 0.1) is 24.2 Å². The molecule has 8 heteroatoms. The molecule has 1 aliphatic rings. The van der Waals surface area contributed by atoms with Crippen LogP contribution in [-0.4, -0.2) is 53.4 Å². The Morgan fingerprint density at radius 2 is 1.73 bits per heavy atom. The number of amides is 1. The van der Waals surface area contributed by atoms with E-state index in [1.54, 1.807) is 6.20 Å². The van der Waals surface area contributed by atoms with Crippen LogP contribution in [0.5, 0.6) is 5.75 Å². The van der Waals surface area contributed by atoms with Crippen molar-refractivity contribution in [2.24, 2.45) is 0 Å². The molecule has 3 aromatic rings. The Labute approximate surface area is 198 Å². The maximum atomic E-state index is 12.8. The van der Waals surface area contributed by atoms with Gasteiger partial charge in [-0.25, -0.2) is 0 Å². The zero-order valence-electron chi connectivity index (χ0n) is 18.6. The number of para-hydroxylation sites is 1. The molecule has 1 amide bonds. The van der Waals surface area contributed by atoms with E-state index in [9.17, 15) is 9.59 Å². The summed E-state index contributed by atoms with van der Waals surface area (Å²) in [6.07, 6.45) is 2.78. The molecule has 1 aliphatic heterocycles. The third kappa shape index (κ3) is 5.37. The van der Waals surface area contributed by atoms with Gasteiger partial charge in [-0.3, -0.25) is 9.59 Å². The van der Waals surface area contributed by atoms with Gasteiger partial charge in [-0.15, -0.1) is 0 Å². The Kier molecular flexibility index (Phi) is 7.29. The van der Waals surface area contributed by atoms with E-state index in [1.165, 1.54) is 4.68 Å². The van der Waals surface area contributed by atoms with Gasteiger partial charge in [0.2, 0.25) is 5.91 Å². The molecule has 0 radical (unpaired) electrons. The lowest BCUT2D eigenvalue weighted by atomic mass is 10.1. The number of ether oxygens (including phenoxy) is 1. The number of nitrogens with zero attached hydrogens (tertiary/aromatic N) is 4. The van der Waals surface area contributed by atoms with E-state index in [4.69, 9.17) is 16.3 Å². The summed E-state index contributed by atoms with van der Waals surface area (Å²) in [6, 6.07) is 17.1. The third-order valence-electron chi connectivity index (χ3n) is 5.74. The minimum atomic E-state index is -0.353. The number of aromatic nitrogens is 2. The van der Waals surface area contributed by atoms with Crippen LogP contribution in [-0.2, 0) is 11.2 Å². The van der Waals surface area contributed by atoms with Crippen molar-refractivity contribution in [2.75, 3.05) is 37.7 Å². The van der Waals surface area contributed by atoms with Crippen LogP contribution in [0.3, 0.4) is 0 Å². The molecule has 0 unspecified atom stereocenters. The number of anilines is 1. The number of rotatable bonds is 7. The summed E-state index contributed by atoms with van der Waals surface area (Å²) >= 11 is 6.42. The summed E-state index contributed by atoms with van der Waals surface area (Å²) in [4.78, 5) is 29.3. The number of aryl methyl sites for hydroxylation is 1. The van der Waals surface area contributed by atoms with Crippen LogP contribution in [0.4, 0.5) is 5.69 Å². The van der Waals surface area contributed by atoms with Crippen molar-refractivity contribution in [3.63, 3.8) is 0 Å². The fraction of sp³-hybridized carbons (Fsp3) is 0.320. The Balaban J connectivity index is 1.33. The lowest BCUT2D eigenvalue weighted by Crippen LogP contribution is -2.49. The molecular formula is C25H27ClN4O3. The van der Waals surface area contributed by atoms with E-state index in [0.29, 0.717) is 57.0 Å². The number of hydrogen-bond donors (Lipinski definition) is 0. The van der Waals surface area contributed by atoms with Crippen LogP contribution in [0, 0.1) is 0 Å². The second kappa shape index (κ2) is 10.5. The van der Waals surface area contributed by atoms with Crippen LogP contribution in [0.25, 0.3) is 5.69 Å². The first kappa shape index (κ1) is 22.9. The number of carbonyl (C=O) groups is 1. The van der Waals surface area contributed by atoms with Crippen molar-refractivity contribution in [1.29, 1.82) is 0 Å². The van der Waals surface area contributed by atoms with Gasteiger partial charge in [0.15, 0.2) is 0 Å². The van der Waals surface area contributed by atoms with E-state index < -0.39 is 0 Å². The third-order valence-corrected chi connectivity index (χ3v) is 6.09. The van der Waals surface area contributed by atoms with Gasteiger partial charge in [0.25, 0.3) is 5.56 Å². The average Bonchev–Trinajstić information content (AvgIpc) is 2.86. The second-order valence-electron chi connectivity index (χ2n) is 7.84. The lowest BCUT2D eigenvalue weighted by Gasteiger charge is -2.36. The molecule has 0 spiro atoms. The van der Waals surface area contributed by atoms with E-state index in [1.807, 2.05) is 71.3 Å². The standard InChI is InChI=1S/C25H27ClN4O3/c1-2-33-21-11-8-19(9-12-21)10-13-23(31)29-16-14-28(15-17-29)22-18-27-30(25(32)24(22)26)20-6-4-3-5-7-20/h3-9,11-12,18H,2,10,13-17H2,1H3. The fourth-order valence-electron chi connectivity index (χ4n) is 3.92. The maximum absolute atomic E-state index is 12.8. The quantitative estimate of drug-likeness (QED) is 0.532. The highest BCUT2D eigenvalue weighted by Crippen LogP contribution is 2.23. The van der Waals surface area contributed by atoms with E-state index in [2.05, 4.69) is 5.10 Å². The molecule has 1 fully saturated rings. The van der Waals surface area contributed by atoms with Crippen molar-refractivity contribution >= 4 is 23.2 Å².